The molecule has 3 fully saturated rings. The van der Waals surface area contributed by atoms with Gasteiger partial charge in [0, 0.05) is 58.1 Å². The molecule has 0 bridgehead atoms. The van der Waals surface area contributed by atoms with Crippen LogP contribution >= 0.6 is 0 Å². The van der Waals surface area contributed by atoms with Gasteiger partial charge in [-0.25, -0.2) is 4.98 Å². The van der Waals surface area contributed by atoms with Gasteiger partial charge in [0.15, 0.2) is 5.69 Å². The van der Waals surface area contributed by atoms with Crippen LogP contribution in [0.5, 0.6) is 0 Å². The third-order valence-electron chi connectivity index (χ3n) is 7.76. The van der Waals surface area contributed by atoms with E-state index in [1.807, 2.05) is 29.3 Å². The molecule has 174 valence electrons. The van der Waals surface area contributed by atoms with E-state index >= 15 is 0 Å². The molecule has 1 N–H and O–H groups in total. The van der Waals surface area contributed by atoms with Crippen molar-refractivity contribution in [1.82, 2.24) is 24.1 Å². The minimum absolute atomic E-state index is 0.0720. The summed E-state index contributed by atoms with van der Waals surface area (Å²) in [5.74, 6) is 0.401. The second-order valence-corrected chi connectivity index (χ2v) is 9.88. The molecule has 0 aromatic carbocycles. The summed E-state index contributed by atoms with van der Waals surface area (Å²) in [6, 6.07) is 6.67. The quantitative estimate of drug-likeness (QED) is 0.776. The highest BCUT2D eigenvalue weighted by atomic mass is 16.3. The highest BCUT2D eigenvalue weighted by molar-refractivity contribution is 5.94. The Kier molecular flexibility index (Phi) is 6.76. The van der Waals surface area contributed by atoms with Crippen molar-refractivity contribution in [2.24, 2.45) is 5.92 Å². The van der Waals surface area contributed by atoms with E-state index < -0.39 is 0 Å². The topological polar surface area (TPSA) is 64.3 Å². The molecule has 2 aliphatic heterocycles. The first-order valence-electron chi connectivity index (χ1n) is 12.6. The third kappa shape index (κ3) is 4.56. The number of nitrogens with zero attached hydrogens (tertiary/aromatic N) is 5. The molecule has 1 atom stereocenters. The van der Waals surface area contributed by atoms with Crippen LogP contribution in [0, 0.1) is 5.92 Å². The van der Waals surface area contributed by atoms with E-state index in [-0.39, 0.29) is 12.5 Å². The fraction of sp³-hybridized carbons (Fsp3) is 0.680. The number of fused-ring (bicyclic) bond motifs is 1. The van der Waals surface area contributed by atoms with Crippen molar-refractivity contribution in [3.63, 3.8) is 0 Å². The predicted octanol–water partition coefficient (Wildman–Crippen LogP) is 2.63. The van der Waals surface area contributed by atoms with Gasteiger partial charge in [0.05, 0.1) is 5.69 Å². The third-order valence-corrected chi connectivity index (χ3v) is 7.76. The van der Waals surface area contributed by atoms with Crippen molar-refractivity contribution in [2.75, 3.05) is 45.9 Å². The summed E-state index contributed by atoms with van der Waals surface area (Å²) >= 11 is 0. The lowest BCUT2D eigenvalue weighted by molar-refractivity contribution is 0.0515. The fourth-order valence-corrected chi connectivity index (χ4v) is 5.91. The average Bonchev–Trinajstić information content (AvgIpc) is 3.22. The van der Waals surface area contributed by atoms with Crippen LogP contribution in [0.4, 0.5) is 0 Å². The fourth-order valence-electron chi connectivity index (χ4n) is 5.91. The van der Waals surface area contributed by atoms with Crippen molar-refractivity contribution >= 4 is 11.6 Å². The number of amides is 1. The molecule has 32 heavy (non-hydrogen) atoms. The molecule has 7 nitrogen and oxygen atoms in total. The van der Waals surface area contributed by atoms with Gasteiger partial charge in [0.25, 0.3) is 5.91 Å². The molecular weight excluding hydrogens is 402 g/mol. The molecule has 1 saturated carbocycles. The Balaban J connectivity index is 1.32. The van der Waals surface area contributed by atoms with Crippen molar-refractivity contribution in [1.29, 1.82) is 0 Å². The molecule has 0 spiro atoms. The molecule has 2 aromatic rings. The molecule has 1 unspecified atom stereocenters. The zero-order chi connectivity index (χ0) is 21.9. The Hall–Kier alpha value is -1.96. The molecular formula is C25H37N5O2. The van der Waals surface area contributed by atoms with Crippen molar-refractivity contribution in [2.45, 2.75) is 57.5 Å². The number of piperazine rings is 1. The number of hydrogen-bond donors (Lipinski definition) is 1. The summed E-state index contributed by atoms with van der Waals surface area (Å²) < 4.78 is 2.08. The van der Waals surface area contributed by atoms with Crippen LogP contribution in [-0.4, -0.2) is 87.0 Å². The number of carbonyl (C=O) groups is 1. The number of piperidine rings is 1. The first kappa shape index (κ1) is 21.9. The Bertz CT molecular complexity index is 914. The Morgan fingerprint density at radius 3 is 2.59 bits per heavy atom. The van der Waals surface area contributed by atoms with E-state index in [9.17, 15) is 9.90 Å². The van der Waals surface area contributed by atoms with Crippen LogP contribution in [0.15, 0.2) is 24.4 Å². The lowest BCUT2D eigenvalue weighted by Gasteiger charge is -2.40. The van der Waals surface area contributed by atoms with E-state index in [2.05, 4.69) is 14.2 Å². The van der Waals surface area contributed by atoms with Crippen LogP contribution in [0.2, 0.25) is 0 Å². The number of carbonyl (C=O) groups excluding carboxylic acids is 1. The number of aliphatic hydroxyl groups is 1. The van der Waals surface area contributed by atoms with Crippen LogP contribution in [0.3, 0.4) is 0 Å². The summed E-state index contributed by atoms with van der Waals surface area (Å²) in [6.45, 7) is 6.35. The number of hydrogen-bond acceptors (Lipinski definition) is 5. The van der Waals surface area contributed by atoms with Crippen molar-refractivity contribution in [3.8, 4) is 0 Å². The number of aromatic nitrogens is 2. The summed E-state index contributed by atoms with van der Waals surface area (Å²) in [5.41, 5.74) is 2.43. The lowest BCUT2D eigenvalue weighted by Crippen LogP contribution is -2.52. The van der Waals surface area contributed by atoms with Gasteiger partial charge in [-0.2, -0.15) is 0 Å². The Morgan fingerprint density at radius 2 is 1.81 bits per heavy atom. The van der Waals surface area contributed by atoms with Gasteiger partial charge in [0.1, 0.15) is 5.65 Å². The number of aliphatic hydroxyl groups excluding tert-OH is 1. The maximum Gasteiger partial charge on any atom is 0.274 e. The predicted molar refractivity (Wildman–Crippen MR) is 125 cm³/mol. The number of rotatable bonds is 5. The van der Waals surface area contributed by atoms with Crippen LogP contribution in [-0.2, 0) is 6.54 Å². The van der Waals surface area contributed by atoms with Gasteiger partial charge in [-0.05, 0) is 50.3 Å². The SMILES string of the molecule is O=C(c1nc2ccccn2c1CN1CCCC(CO)C1)N1CCN(C2CCCCC2)CC1. The maximum atomic E-state index is 13.6. The normalized spacial score (nSPS) is 24.3. The molecule has 1 aliphatic carbocycles. The van der Waals surface area contributed by atoms with Crippen molar-refractivity contribution < 1.29 is 9.90 Å². The summed E-state index contributed by atoms with van der Waals surface area (Å²) in [6.07, 6.45) is 10.9. The highest BCUT2D eigenvalue weighted by Crippen LogP contribution is 2.25. The first-order valence-corrected chi connectivity index (χ1v) is 12.6. The first-order chi connectivity index (χ1) is 15.7. The van der Waals surface area contributed by atoms with Gasteiger partial charge in [-0.3, -0.25) is 14.6 Å². The summed E-state index contributed by atoms with van der Waals surface area (Å²) in [4.78, 5) is 25.4. The van der Waals surface area contributed by atoms with Gasteiger partial charge < -0.3 is 14.4 Å². The highest BCUT2D eigenvalue weighted by Gasteiger charge is 2.31. The zero-order valence-corrected chi connectivity index (χ0v) is 19.2. The van der Waals surface area contributed by atoms with Crippen LogP contribution in [0.25, 0.3) is 5.65 Å². The van der Waals surface area contributed by atoms with Crippen LogP contribution in [0.1, 0.15) is 61.1 Å². The summed E-state index contributed by atoms with van der Waals surface area (Å²) in [5, 5.41) is 9.63. The Morgan fingerprint density at radius 1 is 1.00 bits per heavy atom. The lowest BCUT2D eigenvalue weighted by atomic mass is 9.94. The minimum atomic E-state index is 0.0720. The Labute approximate surface area is 191 Å². The summed E-state index contributed by atoms with van der Waals surface area (Å²) in [7, 11) is 0. The van der Waals surface area contributed by atoms with Crippen LogP contribution < -0.4 is 0 Å². The van der Waals surface area contributed by atoms with E-state index in [1.165, 1.54) is 32.1 Å². The molecule has 2 aromatic heterocycles. The van der Waals surface area contributed by atoms with E-state index in [0.29, 0.717) is 24.2 Å². The molecule has 2 saturated heterocycles. The molecule has 3 aliphatic rings. The van der Waals surface area contributed by atoms with Gasteiger partial charge in [0.2, 0.25) is 0 Å². The van der Waals surface area contributed by atoms with E-state index in [0.717, 1.165) is 63.5 Å². The maximum absolute atomic E-state index is 13.6. The van der Waals surface area contributed by atoms with Gasteiger partial charge >= 0.3 is 0 Å². The smallest absolute Gasteiger partial charge is 0.274 e. The largest absolute Gasteiger partial charge is 0.396 e. The van der Waals surface area contributed by atoms with E-state index in [1.54, 1.807) is 0 Å². The molecule has 7 heteroatoms. The molecule has 0 radical (unpaired) electrons. The molecule has 1 amide bonds. The van der Waals surface area contributed by atoms with Gasteiger partial charge in [-0.1, -0.05) is 25.3 Å². The average molecular weight is 440 g/mol. The molecule has 5 rings (SSSR count). The van der Waals surface area contributed by atoms with Crippen molar-refractivity contribution in [3.05, 3.63) is 35.8 Å². The number of imidazole rings is 1. The number of pyridine rings is 1. The zero-order valence-electron chi connectivity index (χ0n) is 19.2. The number of likely N-dealkylation sites (tertiary alicyclic amines) is 1. The standard InChI is InChI=1S/C25H37N5O2/c31-19-20-7-6-11-27(17-20)18-22-24(26-23-10-4-5-12-30(22)23)25(32)29-15-13-28(14-16-29)21-8-2-1-3-9-21/h4-5,10,12,20-21,31H,1-3,6-9,11,13-19H2. The second kappa shape index (κ2) is 9.89. The second-order valence-electron chi connectivity index (χ2n) is 9.88. The van der Waals surface area contributed by atoms with Gasteiger partial charge in [-0.15, -0.1) is 0 Å². The minimum Gasteiger partial charge on any atom is -0.396 e. The van der Waals surface area contributed by atoms with E-state index in [4.69, 9.17) is 4.98 Å². The molecule has 4 heterocycles. The monoisotopic (exact) mass is 439 g/mol.